The fourth-order valence-corrected chi connectivity index (χ4v) is 2.78. The van der Waals surface area contributed by atoms with E-state index < -0.39 is 17.2 Å². The number of nitrogens with zero attached hydrogens (tertiary/aromatic N) is 3. The van der Waals surface area contributed by atoms with Crippen LogP contribution < -0.4 is 0 Å². The molecular weight excluding hydrogens is 308 g/mol. The number of H-pyrrole nitrogens is 1. The maximum Gasteiger partial charge on any atom is 0.320 e. The first-order chi connectivity index (χ1) is 10.7. The molecule has 1 unspecified atom stereocenters. The predicted octanol–water partition coefficient (Wildman–Crippen LogP) is 1.33. The monoisotopic (exact) mass is 324 g/mol. The van der Waals surface area contributed by atoms with Gasteiger partial charge < -0.3 is 14.5 Å². The number of ether oxygens (including phenoxy) is 2. The normalized spacial score (nSPS) is 12.1. The van der Waals surface area contributed by atoms with Crippen LogP contribution in [0.3, 0.4) is 0 Å². The van der Waals surface area contributed by atoms with Crippen molar-refractivity contribution >= 4 is 34.9 Å². The van der Waals surface area contributed by atoms with Crippen LogP contribution in [-0.2, 0) is 19.1 Å². The molecule has 0 aliphatic rings. The Morgan fingerprint density at radius 3 is 2.73 bits per heavy atom. The summed E-state index contributed by atoms with van der Waals surface area (Å²) >= 11 is 1.13. The second kappa shape index (κ2) is 7.74. The van der Waals surface area contributed by atoms with E-state index in [0.717, 1.165) is 11.8 Å². The molecule has 0 radical (unpaired) electrons. The number of carbonyl (C=O) groups excluding carboxylic acids is 2. The van der Waals surface area contributed by atoms with Crippen LogP contribution in [0, 0.1) is 0 Å². The summed E-state index contributed by atoms with van der Waals surface area (Å²) in [6, 6.07) is 0. The van der Waals surface area contributed by atoms with Crippen molar-refractivity contribution in [2.24, 2.45) is 0 Å². The maximum atomic E-state index is 12.0. The number of aromatic nitrogens is 4. The summed E-state index contributed by atoms with van der Waals surface area (Å²) in [4.78, 5) is 38.8. The summed E-state index contributed by atoms with van der Waals surface area (Å²) in [5, 5.41) is -0.203. The van der Waals surface area contributed by atoms with Gasteiger partial charge in [-0.05, 0) is 13.8 Å². The molecule has 22 heavy (non-hydrogen) atoms. The van der Waals surface area contributed by atoms with E-state index >= 15 is 0 Å². The fourth-order valence-electron chi connectivity index (χ4n) is 1.75. The van der Waals surface area contributed by atoms with Crippen molar-refractivity contribution in [3.8, 4) is 0 Å². The molecule has 0 bridgehead atoms. The quantitative estimate of drug-likeness (QED) is 0.462. The van der Waals surface area contributed by atoms with Crippen LogP contribution >= 0.6 is 11.8 Å². The SMILES string of the molecule is CCOC(=O)CC(Sc1ncnc2nc[nH]c12)C(=O)OCC. The Morgan fingerprint density at radius 2 is 2.00 bits per heavy atom. The van der Waals surface area contributed by atoms with E-state index in [9.17, 15) is 9.59 Å². The van der Waals surface area contributed by atoms with Crippen molar-refractivity contribution < 1.29 is 19.1 Å². The van der Waals surface area contributed by atoms with Gasteiger partial charge in [-0.1, -0.05) is 11.8 Å². The molecule has 8 nitrogen and oxygen atoms in total. The fraction of sp³-hybridized carbons (Fsp3) is 0.462. The minimum atomic E-state index is -0.736. The molecule has 0 aliphatic heterocycles. The molecule has 0 saturated carbocycles. The van der Waals surface area contributed by atoms with Crippen molar-refractivity contribution in [2.75, 3.05) is 13.2 Å². The molecule has 1 N–H and O–H groups in total. The van der Waals surface area contributed by atoms with Gasteiger partial charge in [0.1, 0.15) is 22.1 Å². The van der Waals surface area contributed by atoms with Gasteiger partial charge in [-0.15, -0.1) is 0 Å². The highest BCUT2D eigenvalue weighted by Gasteiger charge is 2.27. The number of carbonyl (C=O) groups is 2. The first-order valence-corrected chi connectivity index (χ1v) is 7.66. The minimum absolute atomic E-state index is 0.0863. The minimum Gasteiger partial charge on any atom is -0.466 e. The van der Waals surface area contributed by atoms with Crippen molar-refractivity contribution in [3.63, 3.8) is 0 Å². The van der Waals surface area contributed by atoms with Gasteiger partial charge >= 0.3 is 11.9 Å². The zero-order chi connectivity index (χ0) is 15.9. The van der Waals surface area contributed by atoms with Crippen LogP contribution in [0.15, 0.2) is 17.7 Å². The van der Waals surface area contributed by atoms with E-state index in [1.165, 1.54) is 12.7 Å². The smallest absolute Gasteiger partial charge is 0.320 e. The maximum absolute atomic E-state index is 12.0. The van der Waals surface area contributed by atoms with Gasteiger partial charge in [0.2, 0.25) is 0 Å². The summed E-state index contributed by atoms with van der Waals surface area (Å²) in [7, 11) is 0. The summed E-state index contributed by atoms with van der Waals surface area (Å²) in [6.45, 7) is 3.92. The van der Waals surface area contributed by atoms with Crippen molar-refractivity contribution in [1.82, 2.24) is 19.9 Å². The standard InChI is InChI=1S/C13H16N4O4S/c1-3-20-9(18)5-8(13(19)21-4-2)22-12-10-11(15-6-14-10)16-7-17-12/h6-8H,3-5H2,1-2H3,(H,14,15,16,17). The second-order valence-electron chi connectivity index (χ2n) is 4.15. The lowest BCUT2D eigenvalue weighted by molar-refractivity contribution is -0.149. The molecule has 0 aromatic carbocycles. The molecular formula is C13H16N4O4S. The first kappa shape index (κ1) is 16.2. The van der Waals surface area contributed by atoms with Crippen molar-refractivity contribution in [3.05, 3.63) is 12.7 Å². The van der Waals surface area contributed by atoms with Crippen molar-refractivity contribution in [2.45, 2.75) is 30.5 Å². The Hall–Kier alpha value is -2.16. The third-order valence-electron chi connectivity index (χ3n) is 2.65. The van der Waals surface area contributed by atoms with Gasteiger partial charge in [0.25, 0.3) is 0 Å². The molecule has 2 heterocycles. The van der Waals surface area contributed by atoms with E-state index in [-0.39, 0.29) is 19.6 Å². The molecule has 1 atom stereocenters. The van der Waals surface area contributed by atoms with Gasteiger partial charge in [-0.2, -0.15) is 0 Å². The highest BCUT2D eigenvalue weighted by molar-refractivity contribution is 8.00. The lowest BCUT2D eigenvalue weighted by atomic mass is 10.3. The number of rotatable bonds is 7. The highest BCUT2D eigenvalue weighted by Crippen LogP contribution is 2.29. The van der Waals surface area contributed by atoms with Gasteiger partial charge in [0.05, 0.1) is 26.0 Å². The molecule has 2 rings (SSSR count). The lowest BCUT2D eigenvalue weighted by Gasteiger charge is -2.14. The molecule has 0 fully saturated rings. The van der Waals surface area contributed by atoms with Crippen LogP contribution in [0.5, 0.6) is 0 Å². The number of esters is 2. The molecule has 0 saturated heterocycles. The molecule has 9 heteroatoms. The Bertz CT molecular complexity index is 660. The number of thioether (sulfide) groups is 1. The zero-order valence-electron chi connectivity index (χ0n) is 12.2. The van der Waals surface area contributed by atoms with Gasteiger partial charge in [-0.3, -0.25) is 9.59 Å². The highest BCUT2D eigenvalue weighted by atomic mass is 32.2. The Balaban J connectivity index is 2.19. The molecule has 0 amide bonds. The summed E-state index contributed by atoms with van der Waals surface area (Å²) in [5.74, 6) is -0.935. The van der Waals surface area contributed by atoms with Gasteiger partial charge in [0.15, 0.2) is 5.65 Å². The average Bonchev–Trinajstić information content (AvgIpc) is 2.96. The first-order valence-electron chi connectivity index (χ1n) is 6.78. The van der Waals surface area contributed by atoms with Crippen LogP contribution in [0.2, 0.25) is 0 Å². The third-order valence-corrected chi connectivity index (χ3v) is 3.83. The van der Waals surface area contributed by atoms with Crippen LogP contribution in [0.4, 0.5) is 0 Å². The number of fused-ring (bicyclic) bond motifs is 1. The topological polar surface area (TPSA) is 107 Å². The second-order valence-corrected chi connectivity index (χ2v) is 5.34. The lowest BCUT2D eigenvalue weighted by Crippen LogP contribution is -2.24. The number of aromatic amines is 1. The molecule has 0 aliphatic carbocycles. The molecule has 2 aromatic rings. The third kappa shape index (κ3) is 3.94. The summed E-state index contributed by atoms with van der Waals surface area (Å²) < 4.78 is 9.91. The number of hydrogen-bond acceptors (Lipinski definition) is 8. The van der Waals surface area contributed by atoms with E-state index in [4.69, 9.17) is 9.47 Å². The van der Waals surface area contributed by atoms with Crippen molar-refractivity contribution in [1.29, 1.82) is 0 Å². The summed E-state index contributed by atoms with van der Waals surface area (Å²) in [6.07, 6.45) is 2.77. The van der Waals surface area contributed by atoms with Gasteiger partial charge in [-0.25, -0.2) is 15.0 Å². The number of imidazole rings is 1. The molecule has 0 spiro atoms. The zero-order valence-corrected chi connectivity index (χ0v) is 13.1. The van der Waals surface area contributed by atoms with Crippen LogP contribution in [-0.4, -0.2) is 50.3 Å². The summed E-state index contributed by atoms with van der Waals surface area (Å²) in [5.41, 5.74) is 1.11. The largest absolute Gasteiger partial charge is 0.466 e. The van der Waals surface area contributed by atoms with E-state index in [2.05, 4.69) is 19.9 Å². The Labute approximate surface area is 131 Å². The Kier molecular flexibility index (Phi) is 5.70. The number of nitrogens with one attached hydrogen (secondary N) is 1. The van der Waals surface area contributed by atoms with Gasteiger partial charge in [0, 0.05) is 0 Å². The molecule has 118 valence electrons. The average molecular weight is 324 g/mol. The van der Waals surface area contributed by atoms with E-state index in [0.29, 0.717) is 16.2 Å². The van der Waals surface area contributed by atoms with E-state index in [1.54, 1.807) is 13.8 Å². The van der Waals surface area contributed by atoms with Crippen LogP contribution in [0.25, 0.3) is 11.2 Å². The number of hydrogen-bond donors (Lipinski definition) is 1. The molecule has 2 aromatic heterocycles. The Morgan fingerprint density at radius 1 is 1.23 bits per heavy atom. The predicted molar refractivity (Wildman–Crippen MR) is 79.2 cm³/mol. The van der Waals surface area contributed by atoms with Crippen LogP contribution in [0.1, 0.15) is 20.3 Å². The van der Waals surface area contributed by atoms with E-state index in [1.807, 2.05) is 0 Å².